The Labute approximate surface area is 105 Å². The molecule has 15 heavy (non-hydrogen) atoms. The van der Waals surface area contributed by atoms with Crippen LogP contribution in [0.25, 0.3) is 0 Å². The molecule has 1 heterocycles. The Bertz CT molecular complexity index is 351. The van der Waals surface area contributed by atoms with Crippen molar-refractivity contribution in [2.75, 3.05) is 0 Å². The molecule has 0 aliphatic heterocycles. The molecule has 0 fully saturated rings. The molecule has 1 rings (SSSR count). The van der Waals surface area contributed by atoms with E-state index in [1.165, 1.54) is 0 Å². The highest BCUT2D eigenvalue weighted by molar-refractivity contribution is 9.10. The summed E-state index contributed by atoms with van der Waals surface area (Å²) in [6.07, 6.45) is 0.919. The number of hydrogen-bond acceptors (Lipinski definition) is 2. The minimum Gasteiger partial charge on any atom is -0.236 e. The van der Waals surface area contributed by atoms with E-state index >= 15 is 0 Å². The van der Waals surface area contributed by atoms with E-state index in [1.54, 1.807) is 0 Å². The van der Waals surface area contributed by atoms with Crippen LogP contribution in [0.5, 0.6) is 0 Å². The molecule has 0 spiro atoms. The number of halogens is 2. The molecule has 1 aromatic rings. The van der Waals surface area contributed by atoms with E-state index in [9.17, 15) is 0 Å². The van der Waals surface area contributed by atoms with E-state index in [1.807, 2.05) is 0 Å². The summed E-state index contributed by atoms with van der Waals surface area (Å²) in [5, 5.41) is 0.518. The average molecular weight is 292 g/mol. The molecule has 0 aliphatic carbocycles. The quantitative estimate of drug-likeness (QED) is 0.780. The van der Waals surface area contributed by atoms with E-state index in [4.69, 9.17) is 11.6 Å². The van der Waals surface area contributed by atoms with Gasteiger partial charge in [0.1, 0.15) is 11.0 Å². The van der Waals surface area contributed by atoms with Gasteiger partial charge < -0.3 is 0 Å². The zero-order valence-corrected chi connectivity index (χ0v) is 11.9. The summed E-state index contributed by atoms with van der Waals surface area (Å²) in [6, 6.07) is 0. The van der Waals surface area contributed by atoms with Crippen molar-refractivity contribution in [3.63, 3.8) is 0 Å². The van der Waals surface area contributed by atoms with Crippen LogP contribution in [-0.2, 0) is 6.42 Å². The normalized spacial score (nSPS) is 11.5. The molecule has 0 saturated heterocycles. The van der Waals surface area contributed by atoms with Gasteiger partial charge in [-0.05, 0) is 28.3 Å². The van der Waals surface area contributed by atoms with Crippen LogP contribution in [0.4, 0.5) is 0 Å². The Morgan fingerprint density at radius 3 is 2.27 bits per heavy atom. The summed E-state index contributed by atoms with van der Waals surface area (Å²) in [6.45, 7) is 8.46. The zero-order chi connectivity index (χ0) is 11.6. The van der Waals surface area contributed by atoms with E-state index in [0.29, 0.717) is 17.0 Å². The third kappa shape index (κ3) is 3.42. The Kier molecular flexibility index (Phi) is 4.53. The van der Waals surface area contributed by atoms with Gasteiger partial charge >= 0.3 is 0 Å². The summed E-state index contributed by atoms with van der Waals surface area (Å²) in [7, 11) is 0. The standard InChI is InChI=1S/C11H16BrClN2/c1-6(2)5-8-9(12)10(13)15-11(14-8)7(3)4/h6-7H,5H2,1-4H3. The molecule has 0 amide bonds. The first-order valence-corrected chi connectivity index (χ1v) is 6.30. The lowest BCUT2D eigenvalue weighted by Gasteiger charge is -2.11. The molecule has 0 unspecified atom stereocenters. The van der Waals surface area contributed by atoms with E-state index in [2.05, 4.69) is 53.6 Å². The number of hydrogen-bond donors (Lipinski definition) is 0. The van der Waals surface area contributed by atoms with Crippen molar-refractivity contribution in [1.82, 2.24) is 9.97 Å². The molecule has 0 N–H and O–H groups in total. The molecule has 84 valence electrons. The first-order chi connectivity index (χ1) is 6.91. The van der Waals surface area contributed by atoms with Gasteiger partial charge in [-0.15, -0.1) is 0 Å². The van der Waals surface area contributed by atoms with Gasteiger partial charge in [-0.2, -0.15) is 0 Å². The predicted molar refractivity (Wildman–Crippen MR) is 67.4 cm³/mol. The molecule has 4 heteroatoms. The van der Waals surface area contributed by atoms with Crippen LogP contribution in [-0.4, -0.2) is 9.97 Å². The molecule has 0 saturated carbocycles. The van der Waals surface area contributed by atoms with E-state index < -0.39 is 0 Å². The van der Waals surface area contributed by atoms with Crippen LogP contribution >= 0.6 is 27.5 Å². The maximum absolute atomic E-state index is 6.05. The molecule has 0 radical (unpaired) electrons. The van der Waals surface area contributed by atoms with Gasteiger partial charge in [0.2, 0.25) is 0 Å². The first-order valence-electron chi connectivity index (χ1n) is 5.13. The van der Waals surface area contributed by atoms with Crippen molar-refractivity contribution < 1.29 is 0 Å². The summed E-state index contributed by atoms with van der Waals surface area (Å²) >= 11 is 9.48. The second-order valence-corrected chi connectivity index (χ2v) is 5.54. The van der Waals surface area contributed by atoms with Crippen molar-refractivity contribution in [1.29, 1.82) is 0 Å². The topological polar surface area (TPSA) is 25.8 Å². The second kappa shape index (κ2) is 5.26. The fraction of sp³-hybridized carbons (Fsp3) is 0.636. The largest absolute Gasteiger partial charge is 0.236 e. The summed E-state index contributed by atoms with van der Waals surface area (Å²) in [5.41, 5.74) is 1.01. The van der Waals surface area contributed by atoms with Crippen molar-refractivity contribution in [2.45, 2.75) is 40.0 Å². The first kappa shape index (κ1) is 12.9. The number of rotatable bonds is 3. The minimum absolute atomic E-state index is 0.307. The van der Waals surface area contributed by atoms with Crippen molar-refractivity contribution in [2.24, 2.45) is 5.92 Å². The molecule has 0 aromatic carbocycles. The maximum Gasteiger partial charge on any atom is 0.147 e. The van der Waals surface area contributed by atoms with E-state index in [0.717, 1.165) is 22.4 Å². The molecular formula is C11H16BrClN2. The van der Waals surface area contributed by atoms with Gasteiger partial charge in [0.05, 0.1) is 10.2 Å². The van der Waals surface area contributed by atoms with Gasteiger partial charge in [-0.25, -0.2) is 9.97 Å². The van der Waals surface area contributed by atoms with Crippen LogP contribution < -0.4 is 0 Å². The maximum atomic E-state index is 6.05. The summed E-state index contributed by atoms with van der Waals surface area (Å²) < 4.78 is 0.835. The Morgan fingerprint density at radius 2 is 1.80 bits per heavy atom. The molecule has 2 nitrogen and oxygen atoms in total. The summed E-state index contributed by atoms with van der Waals surface area (Å²) in [4.78, 5) is 8.78. The highest BCUT2D eigenvalue weighted by atomic mass is 79.9. The Hall–Kier alpha value is -0.150. The highest BCUT2D eigenvalue weighted by Gasteiger charge is 2.13. The Morgan fingerprint density at radius 1 is 1.20 bits per heavy atom. The molecule has 0 aliphatic rings. The number of nitrogens with zero attached hydrogens (tertiary/aromatic N) is 2. The highest BCUT2D eigenvalue weighted by Crippen LogP contribution is 2.27. The van der Waals surface area contributed by atoms with Gasteiger partial charge in [0.25, 0.3) is 0 Å². The van der Waals surface area contributed by atoms with Crippen LogP contribution in [0.15, 0.2) is 4.47 Å². The zero-order valence-electron chi connectivity index (χ0n) is 9.51. The lowest BCUT2D eigenvalue weighted by atomic mass is 10.1. The smallest absolute Gasteiger partial charge is 0.147 e. The van der Waals surface area contributed by atoms with Crippen molar-refractivity contribution >= 4 is 27.5 Å². The van der Waals surface area contributed by atoms with E-state index in [-0.39, 0.29) is 0 Å². The van der Waals surface area contributed by atoms with Crippen LogP contribution in [0.3, 0.4) is 0 Å². The Balaban J connectivity index is 3.13. The van der Waals surface area contributed by atoms with Gasteiger partial charge in [-0.3, -0.25) is 0 Å². The predicted octanol–water partition coefficient (Wildman–Crippen LogP) is 4.21. The fourth-order valence-corrected chi connectivity index (χ4v) is 1.80. The minimum atomic E-state index is 0.307. The van der Waals surface area contributed by atoms with Crippen LogP contribution in [0, 0.1) is 5.92 Å². The molecular weight excluding hydrogens is 275 g/mol. The third-order valence-electron chi connectivity index (χ3n) is 2.01. The average Bonchev–Trinajstić information content (AvgIpc) is 2.11. The van der Waals surface area contributed by atoms with Crippen LogP contribution in [0.1, 0.15) is 45.1 Å². The third-order valence-corrected chi connectivity index (χ3v) is 3.35. The SMILES string of the molecule is CC(C)Cc1nc(C(C)C)nc(Cl)c1Br. The lowest BCUT2D eigenvalue weighted by Crippen LogP contribution is -2.06. The molecule has 1 aromatic heterocycles. The second-order valence-electron chi connectivity index (χ2n) is 4.39. The van der Waals surface area contributed by atoms with Crippen LogP contribution in [0.2, 0.25) is 5.15 Å². The van der Waals surface area contributed by atoms with Crippen molar-refractivity contribution in [3.05, 3.63) is 21.1 Å². The van der Waals surface area contributed by atoms with Crippen molar-refractivity contribution in [3.8, 4) is 0 Å². The van der Waals surface area contributed by atoms with Gasteiger partial charge in [-0.1, -0.05) is 39.3 Å². The molecule has 0 atom stereocenters. The fourth-order valence-electron chi connectivity index (χ4n) is 1.26. The molecule has 0 bridgehead atoms. The summed E-state index contributed by atoms with van der Waals surface area (Å²) in [5.74, 6) is 1.69. The monoisotopic (exact) mass is 290 g/mol. The lowest BCUT2D eigenvalue weighted by molar-refractivity contribution is 0.623. The number of aromatic nitrogens is 2. The van der Waals surface area contributed by atoms with Gasteiger partial charge in [0, 0.05) is 5.92 Å². The van der Waals surface area contributed by atoms with Gasteiger partial charge in [0.15, 0.2) is 0 Å².